The van der Waals surface area contributed by atoms with Crippen LogP contribution in [0.25, 0.3) is 0 Å². The Labute approximate surface area is 179 Å². The highest BCUT2D eigenvalue weighted by Gasteiger charge is 2.58. The van der Waals surface area contributed by atoms with E-state index in [1.165, 1.54) is 5.56 Å². The minimum atomic E-state index is -0.521. The monoisotopic (exact) mass is 417 g/mol. The number of carbonyl (C=O) groups is 1. The molecule has 30 heavy (non-hydrogen) atoms. The zero-order valence-corrected chi connectivity index (χ0v) is 18.4. The van der Waals surface area contributed by atoms with Crippen LogP contribution in [0.3, 0.4) is 0 Å². The number of hydrogen-bond donors (Lipinski definition) is 1. The van der Waals surface area contributed by atoms with Crippen molar-refractivity contribution in [3.8, 4) is 0 Å². The average Bonchev–Trinajstić information content (AvgIpc) is 3.26. The fourth-order valence-electron chi connectivity index (χ4n) is 5.43. The Morgan fingerprint density at radius 1 is 1.17 bits per heavy atom. The van der Waals surface area contributed by atoms with E-state index in [0.29, 0.717) is 38.3 Å². The molecule has 6 nitrogen and oxygen atoms in total. The maximum atomic E-state index is 12.2. The van der Waals surface area contributed by atoms with Gasteiger partial charge in [-0.15, -0.1) is 0 Å². The number of hydrogen-bond acceptors (Lipinski definition) is 5. The van der Waals surface area contributed by atoms with Crippen molar-refractivity contribution in [2.45, 2.75) is 70.5 Å². The molecule has 1 amide bonds. The predicted molar refractivity (Wildman–Crippen MR) is 113 cm³/mol. The summed E-state index contributed by atoms with van der Waals surface area (Å²) >= 11 is 0. The van der Waals surface area contributed by atoms with Gasteiger partial charge in [0.1, 0.15) is 5.60 Å². The molecule has 4 rings (SSSR count). The van der Waals surface area contributed by atoms with Crippen LogP contribution < -0.4 is 5.32 Å². The lowest BCUT2D eigenvalue weighted by Gasteiger charge is -2.35. The fraction of sp³-hybridized carbons (Fsp3) is 0.708. The molecule has 1 aliphatic heterocycles. The molecule has 1 unspecified atom stereocenters. The van der Waals surface area contributed by atoms with Crippen molar-refractivity contribution in [1.29, 1.82) is 0 Å². The number of alkyl carbamates (subject to hydrolysis) is 1. The van der Waals surface area contributed by atoms with Gasteiger partial charge in [0.05, 0.1) is 26.4 Å². The predicted octanol–water partition coefficient (Wildman–Crippen LogP) is 4.28. The van der Waals surface area contributed by atoms with Gasteiger partial charge in [0.2, 0.25) is 0 Å². The summed E-state index contributed by atoms with van der Waals surface area (Å²) in [7, 11) is 0. The lowest BCUT2D eigenvalue weighted by molar-refractivity contribution is -0.198. The quantitative estimate of drug-likeness (QED) is 0.775. The molecule has 1 saturated heterocycles. The third kappa shape index (κ3) is 4.98. The number of ether oxygens (including phenoxy) is 4. The van der Waals surface area contributed by atoms with E-state index in [9.17, 15) is 4.79 Å². The van der Waals surface area contributed by atoms with E-state index in [1.54, 1.807) is 0 Å². The molecule has 1 N–H and O–H groups in total. The number of benzene rings is 1. The molecule has 0 radical (unpaired) electrons. The third-order valence-electron chi connectivity index (χ3n) is 6.58. The van der Waals surface area contributed by atoms with Crippen LogP contribution in [0.5, 0.6) is 0 Å². The Bertz CT molecular complexity index is 710. The summed E-state index contributed by atoms with van der Waals surface area (Å²) in [5.41, 5.74) is 0.699. The van der Waals surface area contributed by atoms with Crippen molar-refractivity contribution in [2.75, 3.05) is 19.8 Å². The van der Waals surface area contributed by atoms with Gasteiger partial charge < -0.3 is 24.3 Å². The van der Waals surface area contributed by atoms with Gasteiger partial charge in [0.25, 0.3) is 0 Å². The maximum Gasteiger partial charge on any atom is 0.407 e. The summed E-state index contributed by atoms with van der Waals surface area (Å²) in [4.78, 5) is 12.2. The summed E-state index contributed by atoms with van der Waals surface area (Å²) in [6.45, 7) is 8.20. The van der Waals surface area contributed by atoms with Crippen LogP contribution in [0, 0.1) is 17.8 Å². The second-order valence-corrected chi connectivity index (χ2v) is 9.90. The first-order valence-electron chi connectivity index (χ1n) is 11.2. The van der Waals surface area contributed by atoms with Crippen molar-refractivity contribution >= 4 is 6.09 Å². The normalized spacial score (nSPS) is 30.2. The molecular weight excluding hydrogens is 382 g/mol. The lowest BCUT2D eigenvalue weighted by Crippen LogP contribution is -2.43. The Morgan fingerprint density at radius 2 is 1.90 bits per heavy atom. The van der Waals surface area contributed by atoms with Gasteiger partial charge in [-0.05, 0) is 57.4 Å². The molecule has 1 aromatic rings. The summed E-state index contributed by atoms with van der Waals surface area (Å²) < 4.78 is 23.9. The van der Waals surface area contributed by atoms with Gasteiger partial charge in [0, 0.05) is 18.4 Å². The molecule has 166 valence electrons. The van der Waals surface area contributed by atoms with Crippen LogP contribution in [0.2, 0.25) is 0 Å². The Kier molecular flexibility index (Phi) is 6.37. The number of carbonyl (C=O) groups excluding carboxylic acids is 1. The lowest BCUT2D eigenvalue weighted by atomic mass is 9.76. The molecule has 1 spiro atoms. The Hall–Kier alpha value is -1.63. The molecule has 1 heterocycles. The van der Waals surface area contributed by atoms with Crippen LogP contribution in [-0.4, -0.2) is 43.3 Å². The van der Waals surface area contributed by atoms with Crippen LogP contribution >= 0.6 is 0 Å². The second-order valence-electron chi connectivity index (χ2n) is 9.90. The number of amides is 1. The van der Waals surface area contributed by atoms with Crippen molar-refractivity contribution < 1.29 is 23.7 Å². The second kappa shape index (κ2) is 8.85. The SMILES string of the molecule is CC(C)(C)OC(=O)NC1CC[C@@H]2[C@H](C1)CC1(OCCO1)[C@H]2COCc1ccccc1. The topological polar surface area (TPSA) is 66.0 Å². The van der Waals surface area contributed by atoms with Crippen molar-refractivity contribution in [3.05, 3.63) is 35.9 Å². The zero-order valence-electron chi connectivity index (χ0n) is 18.4. The average molecular weight is 418 g/mol. The summed E-state index contributed by atoms with van der Waals surface area (Å²) in [5, 5.41) is 3.07. The Balaban J connectivity index is 1.36. The molecule has 0 bridgehead atoms. The van der Waals surface area contributed by atoms with Crippen molar-refractivity contribution in [2.24, 2.45) is 17.8 Å². The highest BCUT2D eigenvalue weighted by atomic mass is 16.7. The molecule has 3 aliphatic rings. The van der Waals surface area contributed by atoms with Crippen molar-refractivity contribution in [3.63, 3.8) is 0 Å². The minimum absolute atomic E-state index is 0.142. The highest BCUT2D eigenvalue weighted by molar-refractivity contribution is 5.68. The first-order valence-corrected chi connectivity index (χ1v) is 11.2. The van der Waals surface area contributed by atoms with Gasteiger partial charge in [0.15, 0.2) is 5.79 Å². The van der Waals surface area contributed by atoms with Crippen LogP contribution in [0.1, 0.15) is 52.0 Å². The van der Waals surface area contributed by atoms with Crippen LogP contribution in [0.15, 0.2) is 30.3 Å². The highest BCUT2D eigenvalue weighted by Crippen LogP contribution is 2.54. The first kappa shape index (κ1) is 21.6. The van der Waals surface area contributed by atoms with E-state index in [-0.39, 0.29) is 18.1 Å². The van der Waals surface area contributed by atoms with Gasteiger partial charge in [-0.1, -0.05) is 30.3 Å². The molecular formula is C24H35NO5. The van der Waals surface area contributed by atoms with E-state index >= 15 is 0 Å². The fourth-order valence-corrected chi connectivity index (χ4v) is 5.43. The van der Waals surface area contributed by atoms with Crippen LogP contribution in [-0.2, 0) is 25.6 Å². The minimum Gasteiger partial charge on any atom is -0.444 e. The molecule has 6 heteroatoms. The van der Waals surface area contributed by atoms with E-state index in [4.69, 9.17) is 18.9 Å². The van der Waals surface area contributed by atoms with Crippen LogP contribution in [0.4, 0.5) is 4.79 Å². The van der Waals surface area contributed by atoms with E-state index in [0.717, 1.165) is 25.7 Å². The first-order chi connectivity index (χ1) is 14.3. The zero-order chi connectivity index (χ0) is 21.2. The molecule has 1 aromatic carbocycles. The number of rotatable bonds is 5. The number of fused-ring (bicyclic) bond motifs is 1. The molecule has 2 aliphatic carbocycles. The van der Waals surface area contributed by atoms with E-state index < -0.39 is 11.4 Å². The van der Waals surface area contributed by atoms with E-state index in [2.05, 4.69) is 17.4 Å². The summed E-state index contributed by atoms with van der Waals surface area (Å²) in [6.07, 6.45) is 3.48. The molecule has 0 aromatic heterocycles. The third-order valence-corrected chi connectivity index (χ3v) is 6.58. The van der Waals surface area contributed by atoms with Gasteiger partial charge >= 0.3 is 6.09 Å². The van der Waals surface area contributed by atoms with E-state index in [1.807, 2.05) is 39.0 Å². The summed E-state index contributed by atoms with van der Waals surface area (Å²) in [5.74, 6) is 0.668. The van der Waals surface area contributed by atoms with Gasteiger partial charge in [-0.3, -0.25) is 0 Å². The standard InChI is InChI=1S/C24H35NO5/c1-23(2,3)30-22(26)25-19-9-10-20-18(13-19)14-24(28-11-12-29-24)21(20)16-27-15-17-7-5-4-6-8-17/h4-8,18-21H,9-16H2,1-3H3,(H,25,26)/t18-,19?,20-,21+/m1/s1. The largest absolute Gasteiger partial charge is 0.444 e. The molecule has 4 atom stereocenters. The molecule has 2 saturated carbocycles. The smallest absolute Gasteiger partial charge is 0.407 e. The van der Waals surface area contributed by atoms with Gasteiger partial charge in [-0.25, -0.2) is 4.79 Å². The number of nitrogens with one attached hydrogen (secondary N) is 1. The van der Waals surface area contributed by atoms with Crippen molar-refractivity contribution in [1.82, 2.24) is 5.32 Å². The maximum absolute atomic E-state index is 12.2. The summed E-state index contributed by atoms with van der Waals surface area (Å²) in [6, 6.07) is 10.4. The molecule has 3 fully saturated rings. The Morgan fingerprint density at radius 3 is 2.60 bits per heavy atom. The van der Waals surface area contributed by atoms with Gasteiger partial charge in [-0.2, -0.15) is 0 Å².